The summed E-state index contributed by atoms with van der Waals surface area (Å²) in [5.41, 5.74) is -0.371. The third kappa shape index (κ3) is 2.07. The lowest BCUT2D eigenvalue weighted by Gasteiger charge is -2.36. The Morgan fingerprint density at radius 2 is 1.65 bits per heavy atom. The van der Waals surface area contributed by atoms with Crippen molar-refractivity contribution in [2.24, 2.45) is 5.41 Å². The van der Waals surface area contributed by atoms with Crippen LogP contribution in [0.1, 0.15) is 33.1 Å². The van der Waals surface area contributed by atoms with Crippen LogP contribution in [0.2, 0.25) is 0 Å². The average molecular weight is 238 g/mol. The summed E-state index contributed by atoms with van der Waals surface area (Å²) in [7, 11) is 0. The maximum Gasteiger partial charge on any atom is 0.250 e. The minimum atomic E-state index is -0.946. The summed E-state index contributed by atoms with van der Waals surface area (Å²) in [6.07, 6.45) is 0.324. The smallest absolute Gasteiger partial charge is 0.250 e. The molecule has 1 N–H and O–H groups in total. The van der Waals surface area contributed by atoms with E-state index in [1.165, 1.54) is 0 Å². The Kier molecular flexibility index (Phi) is 2.52. The molecule has 2 aliphatic heterocycles. The molecule has 2 aliphatic rings. The fourth-order valence-electron chi connectivity index (χ4n) is 2.29. The summed E-state index contributed by atoms with van der Waals surface area (Å²) in [6, 6.07) is -0.946. The summed E-state index contributed by atoms with van der Waals surface area (Å²) < 4.78 is 0. The highest BCUT2D eigenvalue weighted by atomic mass is 16.2. The summed E-state index contributed by atoms with van der Waals surface area (Å²) in [4.78, 5) is 47.2. The van der Waals surface area contributed by atoms with E-state index in [0.717, 1.165) is 4.90 Å². The average Bonchev–Trinajstić information content (AvgIpc) is 2.41. The summed E-state index contributed by atoms with van der Waals surface area (Å²) >= 11 is 0. The van der Waals surface area contributed by atoms with Gasteiger partial charge >= 0.3 is 0 Å². The molecule has 0 spiro atoms. The molecule has 6 nitrogen and oxygen atoms in total. The molecular formula is C11H14N2O4. The molecule has 2 rings (SSSR count). The second kappa shape index (κ2) is 3.65. The quantitative estimate of drug-likeness (QED) is 0.629. The molecule has 0 saturated carbocycles. The van der Waals surface area contributed by atoms with Crippen LogP contribution in [-0.4, -0.2) is 34.6 Å². The number of nitrogens with zero attached hydrogens (tertiary/aromatic N) is 1. The number of carbonyl (C=O) groups is 4. The largest absolute Gasteiger partial charge is 0.295 e. The number of amides is 4. The van der Waals surface area contributed by atoms with Crippen LogP contribution < -0.4 is 5.32 Å². The van der Waals surface area contributed by atoms with Gasteiger partial charge in [0.1, 0.15) is 6.04 Å². The fourth-order valence-corrected chi connectivity index (χ4v) is 2.29. The molecule has 1 atom stereocenters. The van der Waals surface area contributed by atoms with Crippen LogP contribution in [0.5, 0.6) is 0 Å². The van der Waals surface area contributed by atoms with Gasteiger partial charge in [-0.3, -0.25) is 29.4 Å². The van der Waals surface area contributed by atoms with E-state index in [1.807, 2.05) is 13.8 Å². The molecule has 0 aromatic rings. The van der Waals surface area contributed by atoms with Crippen LogP contribution in [0.3, 0.4) is 0 Å². The van der Waals surface area contributed by atoms with Crippen molar-refractivity contribution in [1.29, 1.82) is 0 Å². The van der Waals surface area contributed by atoms with Crippen molar-refractivity contribution in [2.75, 3.05) is 0 Å². The van der Waals surface area contributed by atoms with E-state index in [2.05, 4.69) is 5.32 Å². The Labute approximate surface area is 98.3 Å². The first-order valence-corrected chi connectivity index (χ1v) is 5.49. The predicted octanol–water partition coefficient (Wildman–Crippen LogP) is -0.423. The van der Waals surface area contributed by atoms with Gasteiger partial charge in [-0.1, -0.05) is 13.8 Å². The number of imide groups is 2. The van der Waals surface area contributed by atoms with Gasteiger partial charge in [-0.25, -0.2) is 0 Å². The summed E-state index contributed by atoms with van der Waals surface area (Å²) in [6.45, 7) is 3.67. The highest BCUT2D eigenvalue weighted by Gasteiger charge is 2.46. The van der Waals surface area contributed by atoms with Crippen LogP contribution in [0, 0.1) is 5.41 Å². The Balaban J connectivity index is 2.22. The molecular weight excluding hydrogens is 224 g/mol. The van der Waals surface area contributed by atoms with Gasteiger partial charge in [0.05, 0.1) is 6.42 Å². The molecule has 0 radical (unpaired) electrons. The zero-order valence-electron chi connectivity index (χ0n) is 9.78. The lowest BCUT2D eigenvalue weighted by atomic mass is 9.81. The van der Waals surface area contributed by atoms with E-state index in [9.17, 15) is 19.2 Å². The van der Waals surface area contributed by atoms with Gasteiger partial charge in [0.25, 0.3) is 0 Å². The van der Waals surface area contributed by atoms with E-state index in [-0.39, 0.29) is 36.5 Å². The number of carbonyl (C=O) groups excluding carboxylic acids is 4. The minimum Gasteiger partial charge on any atom is -0.295 e. The standard InChI is InChI=1S/C11H14N2O4/c1-11(2)4-8(15)13(9(16)5-11)6-3-7(14)12-10(6)17/h6H,3-5H2,1-2H3,(H,12,14,17). The molecule has 4 amide bonds. The van der Waals surface area contributed by atoms with Crippen molar-refractivity contribution in [2.45, 2.75) is 39.2 Å². The van der Waals surface area contributed by atoms with Crippen LogP contribution in [-0.2, 0) is 19.2 Å². The molecule has 2 fully saturated rings. The van der Waals surface area contributed by atoms with Gasteiger partial charge < -0.3 is 0 Å². The Hall–Kier alpha value is -1.72. The zero-order chi connectivity index (χ0) is 12.8. The van der Waals surface area contributed by atoms with Gasteiger partial charge in [0.15, 0.2) is 0 Å². The van der Waals surface area contributed by atoms with Crippen molar-refractivity contribution < 1.29 is 19.2 Å². The van der Waals surface area contributed by atoms with Crippen LogP contribution in [0.15, 0.2) is 0 Å². The number of hydrogen-bond acceptors (Lipinski definition) is 4. The monoisotopic (exact) mass is 238 g/mol. The van der Waals surface area contributed by atoms with Crippen molar-refractivity contribution in [3.05, 3.63) is 0 Å². The molecule has 1 unspecified atom stereocenters. The predicted molar refractivity (Wildman–Crippen MR) is 56.4 cm³/mol. The van der Waals surface area contributed by atoms with Crippen molar-refractivity contribution >= 4 is 23.6 Å². The van der Waals surface area contributed by atoms with Crippen LogP contribution in [0.4, 0.5) is 0 Å². The number of rotatable bonds is 1. The maximum atomic E-state index is 11.9. The van der Waals surface area contributed by atoms with E-state index < -0.39 is 17.9 Å². The van der Waals surface area contributed by atoms with E-state index in [1.54, 1.807) is 0 Å². The van der Waals surface area contributed by atoms with Crippen LogP contribution in [0.25, 0.3) is 0 Å². The van der Waals surface area contributed by atoms with Crippen LogP contribution >= 0.6 is 0 Å². The Morgan fingerprint density at radius 1 is 1.12 bits per heavy atom. The van der Waals surface area contributed by atoms with Gasteiger partial charge in [0.2, 0.25) is 23.6 Å². The van der Waals surface area contributed by atoms with E-state index in [4.69, 9.17) is 0 Å². The fraction of sp³-hybridized carbons (Fsp3) is 0.636. The van der Waals surface area contributed by atoms with E-state index >= 15 is 0 Å². The molecule has 0 aliphatic carbocycles. The summed E-state index contributed by atoms with van der Waals surface area (Å²) in [5.74, 6) is -1.75. The van der Waals surface area contributed by atoms with Crippen molar-refractivity contribution in [3.8, 4) is 0 Å². The highest BCUT2D eigenvalue weighted by Crippen LogP contribution is 2.33. The molecule has 92 valence electrons. The first-order chi connectivity index (χ1) is 7.80. The second-order valence-corrected chi connectivity index (χ2v) is 5.31. The molecule has 0 bridgehead atoms. The van der Waals surface area contributed by atoms with Gasteiger partial charge in [0, 0.05) is 12.8 Å². The number of hydrogen-bond donors (Lipinski definition) is 1. The SMILES string of the molecule is CC1(C)CC(=O)N(C2CC(=O)NC2=O)C(=O)C1. The number of likely N-dealkylation sites (tertiary alicyclic amines) is 1. The maximum absolute atomic E-state index is 11.9. The van der Waals surface area contributed by atoms with Gasteiger partial charge in [-0.2, -0.15) is 0 Å². The zero-order valence-corrected chi connectivity index (χ0v) is 9.78. The normalized spacial score (nSPS) is 28.6. The molecule has 2 saturated heterocycles. The first-order valence-electron chi connectivity index (χ1n) is 5.49. The summed E-state index contributed by atoms with van der Waals surface area (Å²) in [5, 5.41) is 2.10. The van der Waals surface area contributed by atoms with Crippen molar-refractivity contribution in [3.63, 3.8) is 0 Å². The highest BCUT2D eigenvalue weighted by molar-refractivity contribution is 6.10. The Morgan fingerprint density at radius 3 is 2.06 bits per heavy atom. The van der Waals surface area contributed by atoms with E-state index in [0.29, 0.717) is 0 Å². The minimum absolute atomic E-state index is 0.114. The lowest BCUT2D eigenvalue weighted by Crippen LogP contribution is -2.53. The van der Waals surface area contributed by atoms with Gasteiger partial charge in [-0.15, -0.1) is 0 Å². The topological polar surface area (TPSA) is 83.6 Å². The van der Waals surface area contributed by atoms with Gasteiger partial charge in [-0.05, 0) is 5.41 Å². The Bertz CT molecular complexity index is 407. The van der Waals surface area contributed by atoms with Crippen molar-refractivity contribution in [1.82, 2.24) is 10.2 Å². The third-order valence-electron chi connectivity index (χ3n) is 3.05. The molecule has 6 heteroatoms. The third-order valence-corrected chi connectivity index (χ3v) is 3.05. The molecule has 0 aromatic carbocycles. The number of nitrogens with one attached hydrogen (secondary N) is 1. The lowest BCUT2D eigenvalue weighted by molar-refractivity contribution is -0.157. The first kappa shape index (κ1) is 11.8. The second-order valence-electron chi connectivity index (χ2n) is 5.31. The molecule has 17 heavy (non-hydrogen) atoms. The number of piperidine rings is 1. The molecule has 2 heterocycles. The molecule has 0 aromatic heterocycles.